The van der Waals surface area contributed by atoms with Gasteiger partial charge in [-0.25, -0.2) is 14.6 Å². The lowest BCUT2D eigenvalue weighted by Crippen LogP contribution is -2.40. The highest BCUT2D eigenvalue weighted by Gasteiger charge is 2.17. The number of hydrogen-bond donors (Lipinski definition) is 2. The molecule has 2 N–H and O–H groups in total. The minimum Gasteiger partial charge on any atom is -0.479 e. The molecule has 98 valence electrons. The molecule has 0 saturated carbocycles. The zero-order chi connectivity index (χ0) is 13.5. The maximum Gasteiger partial charge on any atom is 0.347 e. The third-order valence-electron chi connectivity index (χ3n) is 2.14. The normalized spacial score (nSPS) is 11.8. The van der Waals surface area contributed by atoms with E-state index in [1.165, 1.54) is 25.6 Å². The van der Waals surface area contributed by atoms with Crippen LogP contribution in [0.1, 0.15) is 0 Å². The van der Waals surface area contributed by atoms with Crippen molar-refractivity contribution >= 4 is 11.9 Å². The van der Waals surface area contributed by atoms with Crippen LogP contribution in [0, 0.1) is 0 Å². The number of carbonyl (C=O) groups excluding carboxylic acids is 1. The van der Waals surface area contributed by atoms with Crippen molar-refractivity contribution < 1.29 is 19.4 Å². The van der Waals surface area contributed by atoms with Gasteiger partial charge in [0.05, 0.1) is 6.54 Å². The van der Waals surface area contributed by atoms with Crippen molar-refractivity contribution in [1.82, 2.24) is 14.9 Å². The maximum atomic E-state index is 11.5. The van der Waals surface area contributed by atoms with Crippen LogP contribution in [-0.2, 0) is 20.9 Å². The summed E-state index contributed by atoms with van der Waals surface area (Å²) in [7, 11) is 1.23. The summed E-state index contributed by atoms with van der Waals surface area (Å²) in [5, 5.41) is 11.0. The Balaban J connectivity index is 2.50. The van der Waals surface area contributed by atoms with Crippen LogP contribution in [0.5, 0.6) is 0 Å². The maximum absolute atomic E-state index is 11.5. The molecular formula is C10H13N3O5. The zero-order valence-corrected chi connectivity index (χ0v) is 9.70. The highest BCUT2D eigenvalue weighted by molar-refractivity contribution is 5.77. The molecule has 1 atom stereocenters. The molecule has 0 saturated heterocycles. The number of ether oxygens (including phenoxy) is 1. The van der Waals surface area contributed by atoms with Gasteiger partial charge < -0.3 is 15.2 Å². The Kier molecular flexibility index (Phi) is 5.00. The molecule has 1 unspecified atom stereocenters. The Morgan fingerprint density at radius 1 is 1.61 bits per heavy atom. The van der Waals surface area contributed by atoms with E-state index in [-0.39, 0.29) is 13.1 Å². The number of methoxy groups -OCH3 is 1. The first-order valence-corrected chi connectivity index (χ1v) is 5.08. The quantitative estimate of drug-likeness (QED) is 0.637. The number of carboxylic acid groups (broad SMARTS) is 1. The molecule has 0 spiro atoms. The number of nitrogens with zero attached hydrogens (tertiary/aromatic N) is 2. The van der Waals surface area contributed by atoms with Crippen molar-refractivity contribution in [3.05, 3.63) is 28.9 Å². The Morgan fingerprint density at radius 3 is 2.89 bits per heavy atom. The van der Waals surface area contributed by atoms with Crippen molar-refractivity contribution in [3.8, 4) is 0 Å². The monoisotopic (exact) mass is 255 g/mol. The van der Waals surface area contributed by atoms with Gasteiger partial charge in [-0.3, -0.25) is 9.36 Å². The Bertz CT molecular complexity index is 484. The fourth-order valence-electron chi connectivity index (χ4n) is 1.20. The van der Waals surface area contributed by atoms with Crippen LogP contribution >= 0.6 is 0 Å². The van der Waals surface area contributed by atoms with Crippen LogP contribution in [0.4, 0.5) is 0 Å². The molecule has 8 heteroatoms. The van der Waals surface area contributed by atoms with Crippen molar-refractivity contribution in [1.29, 1.82) is 0 Å². The topological polar surface area (TPSA) is 111 Å². The smallest absolute Gasteiger partial charge is 0.347 e. The van der Waals surface area contributed by atoms with E-state index in [1.807, 2.05) is 0 Å². The van der Waals surface area contributed by atoms with Crippen molar-refractivity contribution in [2.45, 2.75) is 12.6 Å². The van der Waals surface area contributed by atoms with Gasteiger partial charge in [0.2, 0.25) is 5.91 Å². The summed E-state index contributed by atoms with van der Waals surface area (Å²) in [5.74, 6) is -1.66. The molecule has 1 aromatic rings. The lowest BCUT2D eigenvalue weighted by atomic mass is 10.3. The number of rotatable bonds is 6. The summed E-state index contributed by atoms with van der Waals surface area (Å²) in [6, 6.07) is 1.52. The molecule has 0 bridgehead atoms. The number of hydrogen-bond acceptors (Lipinski definition) is 5. The van der Waals surface area contributed by atoms with Gasteiger partial charge in [0.15, 0.2) is 6.10 Å². The molecule has 0 radical (unpaired) electrons. The van der Waals surface area contributed by atoms with Gasteiger partial charge in [-0.15, -0.1) is 0 Å². The Labute approximate surface area is 102 Å². The molecule has 8 nitrogen and oxygen atoms in total. The highest BCUT2D eigenvalue weighted by Crippen LogP contribution is 1.88. The molecule has 1 aromatic heterocycles. The second-order valence-electron chi connectivity index (χ2n) is 3.40. The van der Waals surface area contributed by atoms with E-state index >= 15 is 0 Å². The standard InChI is InChI=1S/C10H13N3O5/c1-18-7(9(15)16)5-12-8(14)6-13-4-2-3-11-10(13)17/h2-4,7H,5-6H2,1H3,(H,12,14)(H,15,16). The van der Waals surface area contributed by atoms with Gasteiger partial charge in [-0.1, -0.05) is 0 Å². The lowest BCUT2D eigenvalue weighted by Gasteiger charge is -2.11. The highest BCUT2D eigenvalue weighted by atomic mass is 16.5. The van der Waals surface area contributed by atoms with Gasteiger partial charge >= 0.3 is 11.7 Å². The summed E-state index contributed by atoms with van der Waals surface area (Å²) in [6.07, 6.45) is 1.63. The molecular weight excluding hydrogens is 242 g/mol. The molecule has 1 heterocycles. The van der Waals surface area contributed by atoms with Crippen molar-refractivity contribution in [2.24, 2.45) is 0 Å². The van der Waals surface area contributed by atoms with Gasteiger partial charge in [-0.2, -0.15) is 0 Å². The predicted octanol–water partition coefficient (Wildman–Crippen LogP) is -1.54. The fourth-order valence-corrected chi connectivity index (χ4v) is 1.20. The second kappa shape index (κ2) is 6.50. The van der Waals surface area contributed by atoms with Crippen LogP contribution in [-0.4, -0.2) is 46.3 Å². The third-order valence-corrected chi connectivity index (χ3v) is 2.14. The van der Waals surface area contributed by atoms with Crippen LogP contribution in [0.2, 0.25) is 0 Å². The fraction of sp³-hybridized carbons (Fsp3) is 0.400. The van der Waals surface area contributed by atoms with Gasteiger partial charge in [0, 0.05) is 19.5 Å². The van der Waals surface area contributed by atoms with Gasteiger partial charge in [0.25, 0.3) is 0 Å². The Hall–Kier alpha value is -2.22. The number of carboxylic acids is 1. The molecule has 18 heavy (non-hydrogen) atoms. The van der Waals surface area contributed by atoms with Gasteiger partial charge in [-0.05, 0) is 6.07 Å². The number of aliphatic carboxylic acids is 1. The predicted molar refractivity (Wildman–Crippen MR) is 59.9 cm³/mol. The molecule has 0 aliphatic carbocycles. The average Bonchev–Trinajstić information content (AvgIpc) is 2.32. The minimum absolute atomic E-state index is 0.167. The SMILES string of the molecule is COC(CNC(=O)Cn1cccnc1=O)C(=O)O. The van der Waals surface area contributed by atoms with E-state index in [0.29, 0.717) is 0 Å². The molecule has 0 aliphatic heterocycles. The van der Waals surface area contributed by atoms with Crippen LogP contribution < -0.4 is 11.0 Å². The largest absolute Gasteiger partial charge is 0.479 e. The van der Waals surface area contributed by atoms with E-state index in [1.54, 1.807) is 0 Å². The van der Waals surface area contributed by atoms with E-state index in [9.17, 15) is 14.4 Å². The number of amides is 1. The minimum atomic E-state index is -1.17. The van der Waals surface area contributed by atoms with Crippen LogP contribution in [0.25, 0.3) is 0 Å². The molecule has 0 aromatic carbocycles. The van der Waals surface area contributed by atoms with Crippen molar-refractivity contribution in [3.63, 3.8) is 0 Å². The average molecular weight is 255 g/mol. The van der Waals surface area contributed by atoms with Crippen LogP contribution in [0.15, 0.2) is 23.3 Å². The Morgan fingerprint density at radius 2 is 2.33 bits per heavy atom. The first-order chi connectivity index (χ1) is 8.54. The number of aromatic nitrogens is 2. The summed E-state index contributed by atoms with van der Waals surface area (Å²) in [5.41, 5.74) is -0.547. The van der Waals surface area contributed by atoms with Gasteiger partial charge in [0.1, 0.15) is 6.54 Å². The number of nitrogens with one attached hydrogen (secondary N) is 1. The van der Waals surface area contributed by atoms with Crippen molar-refractivity contribution in [2.75, 3.05) is 13.7 Å². The third kappa shape index (κ3) is 3.98. The van der Waals surface area contributed by atoms with E-state index in [2.05, 4.69) is 15.0 Å². The summed E-state index contributed by atoms with van der Waals surface area (Å²) in [4.78, 5) is 36.8. The molecule has 0 aliphatic rings. The zero-order valence-electron chi connectivity index (χ0n) is 9.70. The summed E-state index contributed by atoms with van der Waals surface area (Å²) >= 11 is 0. The van der Waals surface area contributed by atoms with E-state index in [0.717, 1.165) is 4.57 Å². The molecule has 1 amide bonds. The molecule has 1 rings (SSSR count). The summed E-state index contributed by atoms with van der Waals surface area (Å²) < 4.78 is 5.75. The molecule has 0 fully saturated rings. The first kappa shape index (κ1) is 13.8. The van der Waals surface area contributed by atoms with E-state index in [4.69, 9.17) is 5.11 Å². The second-order valence-corrected chi connectivity index (χ2v) is 3.40. The lowest BCUT2D eigenvalue weighted by molar-refractivity contribution is -0.148. The van der Waals surface area contributed by atoms with Crippen LogP contribution in [0.3, 0.4) is 0 Å². The first-order valence-electron chi connectivity index (χ1n) is 5.08. The summed E-state index contributed by atoms with van der Waals surface area (Å²) in [6.45, 7) is -0.387. The number of carbonyl (C=O) groups is 2. The van der Waals surface area contributed by atoms with E-state index < -0.39 is 23.7 Å².